The fourth-order valence-corrected chi connectivity index (χ4v) is 0.754. The van der Waals surface area contributed by atoms with Gasteiger partial charge >= 0.3 is 0 Å². The lowest BCUT2D eigenvalue weighted by molar-refractivity contribution is 0.628. The molecule has 0 heterocycles. The van der Waals surface area contributed by atoms with Gasteiger partial charge in [0.25, 0.3) is 0 Å². The molecule has 0 amide bonds. The molecule has 0 aromatic heterocycles. The number of hydrogen-bond acceptors (Lipinski definition) is 0. The summed E-state index contributed by atoms with van der Waals surface area (Å²) in [5, 5.41) is 0.0252. The van der Waals surface area contributed by atoms with E-state index in [0.717, 1.165) is 0 Å². The molecule has 0 bridgehead atoms. The molecule has 0 spiro atoms. The molecule has 1 radical (unpaired) electrons. The highest BCUT2D eigenvalue weighted by atomic mass is 35.5. The van der Waals surface area contributed by atoms with E-state index < -0.39 is 5.82 Å². The summed E-state index contributed by atoms with van der Waals surface area (Å²) >= 11 is 5.39. The summed E-state index contributed by atoms with van der Waals surface area (Å²) in [7, 11) is 0. The van der Waals surface area contributed by atoms with Crippen molar-refractivity contribution in [2.75, 3.05) is 0 Å². The highest BCUT2D eigenvalue weighted by Crippen LogP contribution is 2.14. The van der Waals surface area contributed by atoms with Crippen LogP contribution in [0, 0.1) is 18.2 Å². The van der Waals surface area contributed by atoms with Gasteiger partial charge in [0, 0.05) is 5.56 Å². The van der Waals surface area contributed by atoms with Crippen LogP contribution < -0.4 is 0 Å². The van der Waals surface area contributed by atoms with Crippen LogP contribution in [0.5, 0.6) is 0 Å². The van der Waals surface area contributed by atoms with E-state index in [1.54, 1.807) is 0 Å². The first-order chi connectivity index (χ1) is 4.74. The fourth-order valence-electron chi connectivity index (χ4n) is 0.574. The molecule has 1 aromatic carbocycles. The number of halogens is 2. The molecule has 0 nitrogen and oxygen atoms in total. The van der Waals surface area contributed by atoms with Gasteiger partial charge in [-0.05, 0) is 24.6 Å². The molecule has 0 saturated carbocycles. The van der Waals surface area contributed by atoms with Crippen molar-refractivity contribution in [3.05, 3.63) is 41.0 Å². The SMILES string of the molecule is [C]#Cc1ccc(F)c(Cl)c1. The highest BCUT2D eigenvalue weighted by Gasteiger charge is 1.97. The van der Waals surface area contributed by atoms with E-state index in [2.05, 4.69) is 5.92 Å². The molecule has 0 unspecified atom stereocenters. The van der Waals surface area contributed by atoms with Gasteiger partial charge in [0.2, 0.25) is 0 Å². The minimum Gasteiger partial charge on any atom is -0.205 e. The molecular weight excluding hydrogens is 151 g/mol. The Labute approximate surface area is 63.6 Å². The second-order valence-corrected chi connectivity index (χ2v) is 2.16. The van der Waals surface area contributed by atoms with Gasteiger partial charge in [-0.3, -0.25) is 0 Å². The van der Waals surface area contributed by atoms with Gasteiger partial charge in [0.15, 0.2) is 0 Å². The highest BCUT2D eigenvalue weighted by molar-refractivity contribution is 6.30. The van der Waals surface area contributed by atoms with Crippen molar-refractivity contribution in [1.29, 1.82) is 0 Å². The zero-order valence-electron chi connectivity index (χ0n) is 4.99. The maximum absolute atomic E-state index is 12.4. The smallest absolute Gasteiger partial charge is 0.141 e. The maximum atomic E-state index is 12.4. The average molecular weight is 154 g/mol. The average Bonchev–Trinajstić information content (AvgIpc) is 1.95. The minimum atomic E-state index is -0.472. The van der Waals surface area contributed by atoms with Crippen molar-refractivity contribution in [2.24, 2.45) is 0 Å². The Bertz CT molecular complexity index is 286. The van der Waals surface area contributed by atoms with Crippen molar-refractivity contribution in [1.82, 2.24) is 0 Å². The van der Waals surface area contributed by atoms with Crippen LogP contribution in [-0.2, 0) is 0 Å². The van der Waals surface area contributed by atoms with Crippen LogP contribution in [-0.4, -0.2) is 0 Å². The molecule has 2 heteroatoms. The van der Waals surface area contributed by atoms with Crippen LogP contribution in [0.2, 0.25) is 5.02 Å². The van der Waals surface area contributed by atoms with Crippen LogP contribution >= 0.6 is 11.6 Å². The summed E-state index contributed by atoms with van der Waals surface area (Å²) in [4.78, 5) is 0. The van der Waals surface area contributed by atoms with Crippen molar-refractivity contribution in [2.45, 2.75) is 0 Å². The Morgan fingerprint density at radius 1 is 1.50 bits per heavy atom. The quantitative estimate of drug-likeness (QED) is 0.502. The molecule has 49 valence electrons. The van der Waals surface area contributed by atoms with E-state index in [0.29, 0.717) is 5.56 Å². The molecule has 0 aliphatic rings. The Morgan fingerprint density at radius 2 is 2.20 bits per heavy atom. The first-order valence-corrected chi connectivity index (χ1v) is 2.99. The molecule has 0 saturated heterocycles. The van der Waals surface area contributed by atoms with Gasteiger partial charge in [-0.1, -0.05) is 17.5 Å². The largest absolute Gasteiger partial charge is 0.205 e. The van der Waals surface area contributed by atoms with E-state index >= 15 is 0 Å². The number of rotatable bonds is 0. The summed E-state index contributed by atoms with van der Waals surface area (Å²) in [5.74, 6) is 1.62. The van der Waals surface area contributed by atoms with E-state index in [-0.39, 0.29) is 5.02 Å². The Hall–Kier alpha value is -1.00. The molecule has 0 N–H and O–H groups in total. The zero-order chi connectivity index (χ0) is 7.56. The topological polar surface area (TPSA) is 0 Å². The van der Waals surface area contributed by atoms with Gasteiger partial charge in [-0.25, -0.2) is 4.39 Å². The van der Waals surface area contributed by atoms with Gasteiger partial charge in [-0.15, -0.1) is 0 Å². The predicted octanol–water partition coefficient (Wildman–Crippen LogP) is 2.42. The fraction of sp³-hybridized carbons (Fsp3) is 0. The molecule has 0 aliphatic carbocycles. The van der Waals surface area contributed by atoms with Gasteiger partial charge in [-0.2, -0.15) is 0 Å². The molecular formula is C8H3ClF. The summed E-state index contributed by atoms with van der Waals surface area (Å²) in [6.07, 6.45) is 6.68. The minimum absolute atomic E-state index is 0.0252. The van der Waals surface area contributed by atoms with Gasteiger partial charge in [0.1, 0.15) is 5.82 Å². The third kappa shape index (κ3) is 1.29. The molecule has 10 heavy (non-hydrogen) atoms. The van der Waals surface area contributed by atoms with Crippen LogP contribution in [0.15, 0.2) is 18.2 Å². The normalized spacial score (nSPS) is 8.90. The van der Waals surface area contributed by atoms with Crippen LogP contribution in [0.3, 0.4) is 0 Å². The molecule has 0 atom stereocenters. The second-order valence-electron chi connectivity index (χ2n) is 1.75. The van der Waals surface area contributed by atoms with Crippen LogP contribution in [0.1, 0.15) is 5.56 Å². The van der Waals surface area contributed by atoms with E-state index in [1.165, 1.54) is 18.2 Å². The summed E-state index contributed by atoms with van der Waals surface area (Å²) < 4.78 is 12.4. The van der Waals surface area contributed by atoms with Gasteiger partial charge < -0.3 is 0 Å². The van der Waals surface area contributed by atoms with E-state index in [9.17, 15) is 4.39 Å². The van der Waals surface area contributed by atoms with Gasteiger partial charge in [0.05, 0.1) is 5.02 Å². The first kappa shape index (κ1) is 7.11. The van der Waals surface area contributed by atoms with E-state index in [4.69, 9.17) is 18.0 Å². The summed E-state index contributed by atoms with van der Waals surface area (Å²) in [6, 6.07) is 4.00. The third-order valence-electron chi connectivity index (χ3n) is 1.06. The third-order valence-corrected chi connectivity index (χ3v) is 1.35. The standard InChI is InChI=1S/C8H3ClF/c1-2-6-3-4-8(10)7(9)5-6/h3-5H. The Kier molecular flexibility index (Phi) is 1.94. The van der Waals surface area contributed by atoms with Crippen molar-refractivity contribution >= 4 is 11.6 Å². The Balaban J connectivity index is 3.20. The number of hydrogen-bond donors (Lipinski definition) is 0. The summed E-state index contributed by atoms with van der Waals surface area (Å²) in [6.45, 7) is 0. The van der Waals surface area contributed by atoms with Crippen LogP contribution in [0.4, 0.5) is 4.39 Å². The van der Waals surface area contributed by atoms with Crippen molar-refractivity contribution in [3.8, 4) is 5.92 Å². The Morgan fingerprint density at radius 3 is 2.70 bits per heavy atom. The predicted molar refractivity (Wildman–Crippen MR) is 37.6 cm³/mol. The molecule has 1 aromatic rings. The summed E-state index contributed by atoms with van der Waals surface area (Å²) in [5.41, 5.74) is 0.478. The lowest BCUT2D eigenvalue weighted by atomic mass is 10.2. The lowest BCUT2D eigenvalue weighted by Crippen LogP contribution is -1.77. The molecule has 0 fully saturated rings. The van der Waals surface area contributed by atoms with Crippen LogP contribution in [0.25, 0.3) is 0 Å². The first-order valence-electron chi connectivity index (χ1n) is 2.62. The van der Waals surface area contributed by atoms with Crippen molar-refractivity contribution < 1.29 is 4.39 Å². The molecule has 1 rings (SSSR count). The lowest BCUT2D eigenvalue weighted by Gasteiger charge is -1.92. The molecule has 0 aliphatic heterocycles. The maximum Gasteiger partial charge on any atom is 0.141 e. The second kappa shape index (κ2) is 2.72. The van der Waals surface area contributed by atoms with Crippen molar-refractivity contribution in [3.63, 3.8) is 0 Å². The monoisotopic (exact) mass is 153 g/mol. The number of benzene rings is 1. The zero-order valence-corrected chi connectivity index (χ0v) is 5.74. The van der Waals surface area contributed by atoms with E-state index in [1.807, 2.05) is 0 Å².